The van der Waals surface area contributed by atoms with Crippen molar-refractivity contribution in [2.75, 3.05) is 59.2 Å². The minimum Gasteiger partial charge on any atom is -0.493 e. The van der Waals surface area contributed by atoms with E-state index in [-0.39, 0.29) is 45.2 Å². The normalized spacial score (nSPS) is 23.5. The predicted molar refractivity (Wildman–Crippen MR) is 233 cm³/mol. The molecule has 0 aromatic heterocycles. The lowest BCUT2D eigenvalue weighted by Gasteiger charge is -2.46. The lowest BCUT2D eigenvalue weighted by molar-refractivity contribution is -0.179. The molecule has 330 valence electrons. The molecule has 1 N–H and O–H groups in total. The van der Waals surface area contributed by atoms with Crippen molar-refractivity contribution in [3.8, 4) is 17.2 Å². The standard InChI is InChI=1S/C50H49N3O11/c1-59-26-27-63-49(58)52-38-17-11-10-16-37(38)50(48(52)57)41(46(55)51-23-22-34-28-39(60-2)40(61-3)29-35(34)30-51)43-47(56)64-44(32-14-8-5-9-15-32)42(31-12-6-4-7-13-31)53(43)45(50)33-18-20-36(21-19-33)62-25-24-54/h4-21,28-29,41-45,54H,22-27,30H2,1-3H3/t41-,42-,43-,44+,45+,50-/m0/s1. The van der Waals surface area contributed by atoms with Crippen LogP contribution in [0, 0.1) is 5.92 Å². The first-order valence-electron chi connectivity index (χ1n) is 21.3. The van der Waals surface area contributed by atoms with Gasteiger partial charge in [-0.05, 0) is 70.1 Å². The summed E-state index contributed by atoms with van der Waals surface area (Å²) < 4.78 is 34.5. The SMILES string of the molecule is COCCOC(=O)N1C(=O)[C@@]2(c3ccccc31)[C@H](C(=O)N1CCc3cc(OC)c(OC)cc3C1)[C@H]1C(=O)O[C@H](c3ccccc3)[C@H](c3ccccc3)N1[C@@H]2c1ccc(OCCO)cc1. The monoisotopic (exact) mass is 867 g/mol. The molecule has 0 bridgehead atoms. The van der Waals surface area contributed by atoms with Crippen LogP contribution in [0.3, 0.4) is 0 Å². The van der Waals surface area contributed by atoms with E-state index in [4.69, 9.17) is 28.4 Å². The van der Waals surface area contributed by atoms with Gasteiger partial charge in [0.05, 0.1) is 51.1 Å². The summed E-state index contributed by atoms with van der Waals surface area (Å²) in [4.78, 5) is 66.7. The van der Waals surface area contributed by atoms with Gasteiger partial charge in [-0.1, -0.05) is 91.0 Å². The molecule has 2 fully saturated rings. The summed E-state index contributed by atoms with van der Waals surface area (Å²) in [6.07, 6.45) is -1.35. The first-order chi connectivity index (χ1) is 31.3. The van der Waals surface area contributed by atoms with E-state index in [0.717, 1.165) is 27.2 Å². The van der Waals surface area contributed by atoms with Gasteiger partial charge in [0, 0.05) is 20.2 Å². The Morgan fingerprint density at radius 3 is 2.08 bits per heavy atom. The molecule has 0 unspecified atom stereocenters. The van der Waals surface area contributed by atoms with Crippen LogP contribution in [0.2, 0.25) is 0 Å². The largest absolute Gasteiger partial charge is 0.493 e. The molecular weight excluding hydrogens is 819 g/mol. The number of para-hydroxylation sites is 1. The highest BCUT2D eigenvalue weighted by Gasteiger charge is 2.76. The second-order valence-corrected chi connectivity index (χ2v) is 16.2. The van der Waals surface area contributed by atoms with Gasteiger partial charge in [0.1, 0.15) is 36.5 Å². The van der Waals surface area contributed by atoms with Gasteiger partial charge in [0.25, 0.3) is 0 Å². The summed E-state index contributed by atoms with van der Waals surface area (Å²) in [5.74, 6) is -1.74. The highest BCUT2D eigenvalue weighted by atomic mass is 16.6. The summed E-state index contributed by atoms with van der Waals surface area (Å²) >= 11 is 0. The fraction of sp³-hybridized carbons (Fsp3) is 0.320. The molecule has 9 rings (SSSR count). The van der Waals surface area contributed by atoms with Crippen LogP contribution >= 0.6 is 0 Å². The van der Waals surface area contributed by atoms with Crippen molar-refractivity contribution in [2.24, 2.45) is 5.92 Å². The smallest absolute Gasteiger partial charge is 0.421 e. The van der Waals surface area contributed by atoms with Crippen molar-refractivity contribution in [3.63, 3.8) is 0 Å². The number of esters is 1. The number of aliphatic hydroxyl groups excluding tert-OH is 1. The van der Waals surface area contributed by atoms with Crippen molar-refractivity contribution in [1.82, 2.24) is 9.80 Å². The molecule has 5 aromatic carbocycles. The van der Waals surface area contributed by atoms with E-state index in [1.165, 1.54) is 7.11 Å². The van der Waals surface area contributed by atoms with Crippen molar-refractivity contribution >= 4 is 29.6 Å². The molecule has 14 nitrogen and oxygen atoms in total. The molecule has 4 heterocycles. The lowest BCUT2D eigenvalue weighted by atomic mass is 9.65. The maximum Gasteiger partial charge on any atom is 0.421 e. The Kier molecular flexibility index (Phi) is 11.8. The van der Waals surface area contributed by atoms with Crippen molar-refractivity contribution in [2.45, 2.75) is 42.6 Å². The van der Waals surface area contributed by atoms with Gasteiger partial charge < -0.3 is 38.4 Å². The zero-order chi connectivity index (χ0) is 44.5. The molecule has 4 aliphatic rings. The third-order valence-corrected chi connectivity index (χ3v) is 12.9. The summed E-state index contributed by atoms with van der Waals surface area (Å²) in [5.41, 5.74) is 2.61. The van der Waals surface area contributed by atoms with E-state index in [0.29, 0.717) is 34.8 Å². The van der Waals surface area contributed by atoms with Gasteiger partial charge in [-0.15, -0.1) is 0 Å². The van der Waals surface area contributed by atoms with Crippen LogP contribution < -0.4 is 19.1 Å². The number of amides is 3. The number of morpholine rings is 1. The maximum atomic E-state index is 16.2. The third kappa shape index (κ3) is 7.02. The van der Waals surface area contributed by atoms with Crippen LogP contribution in [0.25, 0.3) is 0 Å². The highest BCUT2D eigenvalue weighted by Crippen LogP contribution is 2.66. The number of ether oxygens (including phenoxy) is 6. The van der Waals surface area contributed by atoms with E-state index in [9.17, 15) is 9.90 Å². The number of methoxy groups -OCH3 is 3. The number of benzene rings is 5. The Balaban J connectivity index is 1.30. The van der Waals surface area contributed by atoms with E-state index in [1.54, 1.807) is 55.5 Å². The number of carbonyl (C=O) groups excluding carboxylic acids is 4. The zero-order valence-electron chi connectivity index (χ0n) is 35.8. The summed E-state index contributed by atoms with van der Waals surface area (Å²) in [6.45, 7) is 0.234. The molecule has 3 amide bonds. The number of rotatable bonds is 12. The summed E-state index contributed by atoms with van der Waals surface area (Å²) in [5, 5.41) is 9.55. The molecule has 1 spiro atoms. The van der Waals surface area contributed by atoms with Crippen molar-refractivity contribution < 1.29 is 52.7 Å². The van der Waals surface area contributed by atoms with Gasteiger partial charge in [0.15, 0.2) is 11.5 Å². The number of imide groups is 1. The maximum absolute atomic E-state index is 16.2. The number of hydrogen-bond donors (Lipinski definition) is 1. The van der Waals surface area contributed by atoms with E-state index in [1.807, 2.05) is 89.8 Å². The van der Waals surface area contributed by atoms with Crippen LogP contribution in [0.1, 0.15) is 51.6 Å². The molecular formula is C50H49N3O11. The summed E-state index contributed by atoms with van der Waals surface area (Å²) in [7, 11) is 4.60. The summed E-state index contributed by atoms with van der Waals surface area (Å²) in [6, 6.07) is 33.7. The Hall–Kier alpha value is -6.74. The van der Waals surface area contributed by atoms with Crippen molar-refractivity contribution in [1.29, 1.82) is 0 Å². The number of fused-ring (bicyclic) bond motifs is 4. The number of cyclic esters (lactones) is 1. The lowest BCUT2D eigenvalue weighted by Crippen LogP contribution is -2.57. The fourth-order valence-electron chi connectivity index (χ4n) is 10.3. The van der Waals surface area contributed by atoms with Crippen LogP contribution in [-0.4, -0.2) is 99.1 Å². The third-order valence-electron chi connectivity index (χ3n) is 12.9. The molecule has 0 radical (unpaired) electrons. The molecule has 64 heavy (non-hydrogen) atoms. The minimum atomic E-state index is -1.92. The highest BCUT2D eigenvalue weighted by molar-refractivity contribution is 6.23. The number of nitrogens with zero attached hydrogens (tertiary/aromatic N) is 3. The first-order valence-corrected chi connectivity index (χ1v) is 21.3. The van der Waals surface area contributed by atoms with Crippen LogP contribution in [0.4, 0.5) is 10.5 Å². The topological polar surface area (TPSA) is 154 Å². The molecule has 6 atom stereocenters. The van der Waals surface area contributed by atoms with Gasteiger partial charge >= 0.3 is 12.1 Å². The van der Waals surface area contributed by atoms with Gasteiger partial charge in [0.2, 0.25) is 11.8 Å². The molecule has 14 heteroatoms. The second-order valence-electron chi connectivity index (χ2n) is 16.2. The second kappa shape index (κ2) is 17.8. The molecule has 2 saturated heterocycles. The molecule has 0 aliphatic carbocycles. The Labute approximate surface area is 370 Å². The molecule has 0 saturated carbocycles. The quantitative estimate of drug-likeness (QED) is 0.114. The predicted octanol–water partition coefficient (Wildman–Crippen LogP) is 6.11. The molecule has 4 aliphatic heterocycles. The fourth-order valence-corrected chi connectivity index (χ4v) is 10.3. The van der Waals surface area contributed by atoms with E-state index in [2.05, 4.69) is 0 Å². The van der Waals surface area contributed by atoms with E-state index < -0.39 is 59.4 Å². The number of hydrogen-bond acceptors (Lipinski definition) is 12. The van der Waals surface area contributed by atoms with Crippen LogP contribution in [0.15, 0.2) is 121 Å². The van der Waals surface area contributed by atoms with Crippen molar-refractivity contribution in [3.05, 3.63) is 155 Å². The van der Waals surface area contributed by atoms with Gasteiger partial charge in [-0.3, -0.25) is 19.3 Å². The van der Waals surface area contributed by atoms with Crippen LogP contribution in [-0.2, 0) is 47.0 Å². The average Bonchev–Trinajstić information content (AvgIpc) is 3.79. The Morgan fingerprint density at radius 1 is 0.750 bits per heavy atom. The number of anilines is 1. The van der Waals surface area contributed by atoms with Gasteiger partial charge in [-0.2, -0.15) is 0 Å². The van der Waals surface area contributed by atoms with Gasteiger partial charge in [-0.25, -0.2) is 9.69 Å². The Morgan fingerprint density at radius 2 is 1.41 bits per heavy atom. The number of aliphatic hydroxyl groups is 1. The molecule has 5 aromatic rings. The average molecular weight is 868 g/mol. The minimum absolute atomic E-state index is 0.0573. The number of carbonyl (C=O) groups is 4. The first kappa shape index (κ1) is 42.6. The van der Waals surface area contributed by atoms with Crippen LogP contribution in [0.5, 0.6) is 17.2 Å². The Bertz CT molecular complexity index is 2540. The zero-order valence-corrected chi connectivity index (χ0v) is 35.8. The van der Waals surface area contributed by atoms with E-state index >= 15 is 14.4 Å².